The van der Waals surface area contributed by atoms with E-state index in [-0.39, 0.29) is 0 Å². The molecule has 0 amide bonds. The van der Waals surface area contributed by atoms with Gasteiger partial charge in [-0.05, 0) is 12.5 Å². The van der Waals surface area contributed by atoms with Crippen LogP contribution in [-0.4, -0.2) is 34.2 Å². The van der Waals surface area contributed by atoms with Crippen LogP contribution >= 0.6 is 0 Å². The highest BCUT2D eigenvalue weighted by molar-refractivity contribution is 5.87. The molecule has 0 saturated carbocycles. The number of nitrogens with one attached hydrogen (secondary N) is 1. The molecule has 78 valence electrons. The van der Waals surface area contributed by atoms with Gasteiger partial charge in [-0.25, -0.2) is 14.4 Å². The minimum atomic E-state index is -0.728. The topological polar surface area (TPSA) is 44.8 Å². The van der Waals surface area contributed by atoms with Crippen LogP contribution in [0.2, 0.25) is 0 Å². The Balaban J connectivity index is 2.06. The van der Waals surface area contributed by atoms with Crippen molar-refractivity contribution >= 4 is 16.9 Å². The number of nitrogens with zero attached hydrogens (tertiary/aromatic N) is 3. The van der Waals surface area contributed by atoms with Crippen molar-refractivity contribution in [3.63, 3.8) is 0 Å². The Morgan fingerprint density at radius 2 is 2.40 bits per heavy atom. The molecule has 5 heteroatoms. The van der Waals surface area contributed by atoms with Crippen molar-refractivity contribution in [3.8, 4) is 0 Å². The van der Waals surface area contributed by atoms with Gasteiger partial charge in [0.1, 0.15) is 24.0 Å². The average Bonchev–Trinajstić information content (AvgIpc) is 2.84. The molecular formula is C10H11FN4. The van der Waals surface area contributed by atoms with Gasteiger partial charge in [0.2, 0.25) is 0 Å². The zero-order chi connectivity index (χ0) is 10.3. The van der Waals surface area contributed by atoms with Gasteiger partial charge < -0.3 is 9.88 Å². The third-order valence-corrected chi connectivity index (χ3v) is 2.76. The van der Waals surface area contributed by atoms with Gasteiger partial charge in [0, 0.05) is 12.7 Å². The van der Waals surface area contributed by atoms with E-state index in [1.807, 2.05) is 17.2 Å². The predicted molar refractivity (Wildman–Crippen MR) is 55.6 cm³/mol. The highest BCUT2D eigenvalue weighted by Crippen LogP contribution is 2.25. The molecule has 2 aromatic rings. The van der Waals surface area contributed by atoms with Gasteiger partial charge in [0.05, 0.1) is 11.9 Å². The first kappa shape index (κ1) is 8.64. The van der Waals surface area contributed by atoms with Crippen molar-refractivity contribution in [2.24, 2.45) is 0 Å². The molecule has 0 radical (unpaired) electrons. The highest BCUT2D eigenvalue weighted by Gasteiger charge is 2.24. The standard InChI is InChI=1S/C10H11FN4/c11-7-2-4-15(5-7)10-8-1-3-12-9(8)13-6-14-10/h1,3,6-7H,2,4-5H2,(H,12,13,14)/t7-/m0/s1. The van der Waals surface area contributed by atoms with Gasteiger partial charge in [-0.3, -0.25) is 0 Å². The maximum Gasteiger partial charge on any atom is 0.142 e. The molecule has 1 saturated heterocycles. The lowest BCUT2D eigenvalue weighted by atomic mass is 10.3. The Kier molecular flexibility index (Phi) is 1.83. The van der Waals surface area contributed by atoms with Crippen LogP contribution in [-0.2, 0) is 0 Å². The zero-order valence-electron chi connectivity index (χ0n) is 8.15. The fourth-order valence-electron chi connectivity index (χ4n) is 2.02. The molecule has 3 heterocycles. The second kappa shape index (κ2) is 3.18. The van der Waals surface area contributed by atoms with Crippen molar-refractivity contribution in [2.75, 3.05) is 18.0 Å². The number of anilines is 1. The summed E-state index contributed by atoms with van der Waals surface area (Å²) in [7, 11) is 0. The first-order valence-electron chi connectivity index (χ1n) is 5.02. The molecule has 0 aromatic carbocycles. The van der Waals surface area contributed by atoms with Crippen molar-refractivity contribution in [1.29, 1.82) is 0 Å². The van der Waals surface area contributed by atoms with Crippen molar-refractivity contribution in [2.45, 2.75) is 12.6 Å². The van der Waals surface area contributed by atoms with E-state index in [0.29, 0.717) is 13.0 Å². The summed E-state index contributed by atoms with van der Waals surface area (Å²) in [6.07, 6.45) is 3.20. The monoisotopic (exact) mass is 206 g/mol. The van der Waals surface area contributed by atoms with Crippen molar-refractivity contribution < 1.29 is 4.39 Å². The Hall–Kier alpha value is -1.65. The fourth-order valence-corrected chi connectivity index (χ4v) is 2.02. The van der Waals surface area contributed by atoms with E-state index in [4.69, 9.17) is 0 Å². The summed E-state index contributed by atoms with van der Waals surface area (Å²) in [5, 5.41) is 0.964. The van der Waals surface area contributed by atoms with Gasteiger partial charge in [-0.15, -0.1) is 0 Å². The second-order valence-electron chi connectivity index (χ2n) is 3.77. The van der Waals surface area contributed by atoms with Crippen LogP contribution in [0.15, 0.2) is 18.6 Å². The predicted octanol–water partition coefficient (Wildman–Crippen LogP) is 1.51. The largest absolute Gasteiger partial charge is 0.353 e. The van der Waals surface area contributed by atoms with Crippen LogP contribution < -0.4 is 4.90 Å². The SMILES string of the molecule is F[C@H]1CCN(c2ncnc3[nH]ccc23)C1. The second-order valence-corrected chi connectivity index (χ2v) is 3.77. The normalized spacial score (nSPS) is 21.4. The summed E-state index contributed by atoms with van der Waals surface area (Å²) < 4.78 is 13.1. The number of alkyl halides is 1. The molecule has 0 aliphatic carbocycles. The minimum Gasteiger partial charge on any atom is -0.353 e. The van der Waals surface area contributed by atoms with Crippen LogP contribution in [0, 0.1) is 0 Å². The lowest BCUT2D eigenvalue weighted by Gasteiger charge is -2.16. The first-order chi connectivity index (χ1) is 7.34. The summed E-state index contributed by atoms with van der Waals surface area (Å²) in [6, 6.07) is 1.93. The van der Waals surface area contributed by atoms with Crippen LogP contribution in [0.1, 0.15) is 6.42 Å². The molecule has 1 atom stereocenters. The van der Waals surface area contributed by atoms with E-state index in [9.17, 15) is 4.39 Å². The molecule has 1 N–H and O–H groups in total. The molecule has 4 nitrogen and oxygen atoms in total. The Morgan fingerprint density at radius 3 is 3.20 bits per heavy atom. The number of aromatic nitrogens is 3. The lowest BCUT2D eigenvalue weighted by Crippen LogP contribution is -2.21. The van der Waals surface area contributed by atoms with Crippen LogP contribution in [0.4, 0.5) is 10.2 Å². The third-order valence-electron chi connectivity index (χ3n) is 2.76. The third kappa shape index (κ3) is 1.35. The van der Waals surface area contributed by atoms with E-state index in [0.717, 1.165) is 23.4 Å². The number of fused-ring (bicyclic) bond motifs is 1. The van der Waals surface area contributed by atoms with E-state index >= 15 is 0 Å². The molecular weight excluding hydrogens is 195 g/mol. The molecule has 15 heavy (non-hydrogen) atoms. The lowest BCUT2D eigenvalue weighted by molar-refractivity contribution is 0.364. The van der Waals surface area contributed by atoms with Crippen LogP contribution in [0.25, 0.3) is 11.0 Å². The first-order valence-corrected chi connectivity index (χ1v) is 5.02. The van der Waals surface area contributed by atoms with Crippen molar-refractivity contribution in [1.82, 2.24) is 15.0 Å². The van der Waals surface area contributed by atoms with Gasteiger partial charge in [-0.2, -0.15) is 0 Å². The highest BCUT2D eigenvalue weighted by atomic mass is 19.1. The summed E-state index contributed by atoms with van der Waals surface area (Å²) >= 11 is 0. The molecule has 0 spiro atoms. The Bertz CT molecular complexity index is 481. The van der Waals surface area contributed by atoms with E-state index < -0.39 is 6.17 Å². The number of hydrogen-bond acceptors (Lipinski definition) is 3. The Labute approximate surface area is 86.1 Å². The molecule has 1 aliphatic heterocycles. The van der Waals surface area contributed by atoms with Gasteiger partial charge in [-0.1, -0.05) is 0 Å². The molecule has 0 bridgehead atoms. The molecule has 0 unspecified atom stereocenters. The summed E-state index contributed by atoms with van der Waals surface area (Å²) in [6.45, 7) is 1.18. The number of aromatic amines is 1. The summed E-state index contributed by atoms with van der Waals surface area (Å²) in [4.78, 5) is 13.3. The van der Waals surface area contributed by atoms with Gasteiger partial charge in [0.15, 0.2) is 0 Å². The molecule has 2 aromatic heterocycles. The van der Waals surface area contributed by atoms with Gasteiger partial charge in [0.25, 0.3) is 0 Å². The number of hydrogen-bond donors (Lipinski definition) is 1. The maximum absolute atomic E-state index is 13.1. The van der Waals surface area contributed by atoms with Crippen LogP contribution in [0.5, 0.6) is 0 Å². The molecule has 3 rings (SSSR count). The van der Waals surface area contributed by atoms with E-state index in [1.54, 1.807) is 0 Å². The van der Waals surface area contributed by atoms with Crippen molar-refractivity contribution in [3.05, 3.63) is 18.6 Å². The molecule has 1 fully saturated rings. The number of halogens is 1. The summed E-state index contributed by atoms with van der Waals surface area (Å²) in [5.41, 5.74) is 0.808. The van der Waals surface area contributed by atoms with E-state index in [2.05, 4.69) is 15.0 Å². The minimum absolute atomic E-state index is 0.442. The zero-order valence-corrected chi connectivity index (χ0v) is 8.15. The number of rotatable bonds is 1. The number of H-pyrrole nitrogens is 1. The fraction of sp³-hybridized carbons (Fsp3) is 0.400. The average molecular weight is 206 g/mol. The molecule has 1 aliphatic rings. The van der Waals surface area contributed by atoms with Gasteiger partial charge >= 0.3 is 0 Å². The quantitative estimate of drug-likeness (QED) is 0.769. The summed E-state index contributed by atoms with van der Waals surface area (Å²) in [5.74, 6) is 0.835. The maximum atomic E-state index is 13.1. The van der Waals surface area contributed by atoms with Crippen LogP contribution in [0.3, 0.4) is 0 Å². The smallest absolute Gasteiger partial charge is 0.142 e. The van der Waals surface area contributed by atoms with E-state index in [1.165, 1.54) is 6.33 Å². The Morgan fingerprint density at radius 1 is 1.47 bits per heavy atom.